The van der Waals surface area contributed by atoms with E-state index in [1.807, 2.05) is 24.3 Å². The molecule has 224 valence electrons. The SMILES string of the molecule is CC1(C)CC2CCCNc3cccc(n3)SNC(=O)c3ccc(-n4ccc(OCC(=O)C5C6(CC6)C56CC6)n4)nc3N1C2. The quantitative estimate of drug-likeness (QED) is 0.389. The number of nitrogens with zero attached hydrogens (tertiary/aromatic N) is 5. The number of rotatable bonds is 5. The van der Waals surface area contributed by atoms with Crippen molar-refractivity contribution in [2.75, 3.05) is 29.9 Å². The number of ether oxygens (including phenoxy) is 1. The van der Waals surface area contributed by atoms with Crippen LogP contribution in [0.1, 0.15) is 69.2 Å². The van der Waals surface area contributed by atoms with Crippen LogP contribution >= 0.6 is 11.9 Å². The number of ketones is 1. The smallest absolute Gasteiger partial charge is 0.265 e. The highest BCUT2D eigenvalue weighted by Crippen LogP contribution is 2.92. The summed E-state index contributed by atoms with van der Waals surface area (Å²) < 4.78 is 10.5. The number of hydrogen-bond acceptors (Lipinski definition) is 9. The Kier molecular flexibility index (Phi) is 6.09. The molecule has 10 nitrogen and oxygen atoms in total. The second-order valence-corrected chi connectivity index (χ2v) is 14.4. The van der Waals surface area contributed by atoms with Crippen LogP contribution in [0.25, 0.3) is 5.82 Å². The van der Waals surface area contributed by atoms with Gasteiger partial charge < -0.3 is 15.0 Å². The third-order valence-electron chi connectivity index (χ3n) is 10.5. The number of nitrogens with one attached hydrogen (secondary N) is 2. The zero-order chi connectivity index (χ0) is 29.4. The fraction of sp³-hybridized carbons (Fsp3) is 0.531. The van der Waals surface area contributed by atoms with Gasteiger partial charge in [-0.15, -0.1) is 5.10 Å². The van der Waals surface area contributed by atoms with Crippen LogP contribution in [0.5, 0.6) is 5.88 Å². The van der Waals surface area contributed by atoms with Crippen molar-refractivity contribution in [2.24, 2.45) is 22.7 Å². The van der Waals surface area contributed by atoms with Crippen molar-refractivity contribution >= 4 is 35.3 Å². The van der Waals surface area contributed by atoms with Crippen molar-refractivity contribution in [2.45, 2.75) is 69.4 Å². The fourth-order valence-electron chi connectivity index (χ4n) is 8.17. The lowest BCUT2D eigenvalue weighted by molar-refractivity contribution is -0.123. The highest BCUT2D eigenvalue weighted by Gasteiger charge is 2.88. The molecule has 1 amide bonds. The minimum atomic E-state index is -0.224. The number of Topliss-reactive ketones (excluding diaryl/α,β-unsaturated/α-hetero) is 1. The molecule has 2 N–H and O–H groups in total. The number of aromatic nitrogens is 4. The highest BCUT2D eigenvalue weighted by molar-refractivity contribution is 7.97. The van der Waals surface area contributed by atoms with Crippen LogP contribution in [-0.2, 0) is 4.79 Å². The summed E-state index contributed by atoms with van der Waals surface area (Å²) in [6.45, 7) is 6.19. The second-order valence-electron chi connectivity index (χ2n) is 13.6. The molecule has 0 aromatic carbocycles. The summed E-state index contributed by atoms with van der Waals surface area (Å²) in [6.07, 6.45) is 9.73. The number of fused-ring (bicyclic) bond motifs is 7. The summed E-state index contributed by atoms with van der Waals surface area (Å²) in [6, 6.07) is 11.2. The van der Waals surface area contributed by atoms with E-state index in [0.717, 1.165) is 38.2 Å². The van der Waals surface area contributed by atoms with Crippen LogP contribution in [0.2, 0.25) is 0 Å². The molecule has 5 aliphatic rings. The molecular weight excluding hydrogens is 562 g/mol. The van der Waals surface area contributed by atoms with Gasteiger partial charge in [0.2, 0.25) is 5.88 Å². The van der Waals surface area contributed by atoms with Crippen molar-refractivity contribution in [3.8, 4) is 11.7 Å². The van der Waals surface area contributed by atoms with Crippen molar-refractivity contribution in [1.29, 1.82) is 0 Å². The van der Waals surface area contributed by atoms with Crippen molar-refractivity contribution in [3.63, 3.8) is 0 Å². The van der Waals surface area contributed by atoms with Gasteiger partial charge in [-0.2, -0.15) is 0 Å². The Hall–Kier alpha value is -3.60. The predicted octanol–water partition coefficient (Wildman–Crippen LogP) is 5.05. The Morgan fingerprint density at radius 1 is 1.09 bits per heavy atom. The molecule has 43 heavy (non-hydrogen) atoms. The molecule has 1 unspecified atom stereocenters. The molecule has 4 fully saturated rings. The average Bonchev–Trinajstić information content (AvgIpc) is 3.95. The third-order valence-corrected chi connectivity index (χ3v) is 11.2. The maximum absolute atomic E-state index is 13.6. The monoisotopic (exact) mass is 599 g/mol. The molecule has 8 rings (SSSR count). The lowest BCUT2D eigenvalue weighted by atomic mass is 9.93. The van der Waals surface area contributed by atoms with Gasteiger partial charge in [-0.25, -0.2) is 14.6 Å². The normalized spacial score (nSPS) is 24.4. The predicted molar refractivity (Wildman–Crippen MR) is 164 cm³/mol. The molecule has 3 aromatic rings. The van der Waals surface area contributed by atoms with Crippen LogP contribution < -0.4 is 19.7 Å². The van der Waals surface area contributed by atoms with Gasteiger partial charge in [0.25, 0.3) is 5.91 Å². The summed E-state index contributed by atoms with van der Waals surface area (Å²) in [5, 5.41) is 8.73. The van der Waals surface area contributed by atoms with Crippen LogP contribution in [-0.4, -0.2) is 56.7 Å². The van der Waals surface area contributed by atoms with Crippen LogP contribution in [0, 0.1) is 22.7 Å². The van der Waals surface area contributed by atoms with E-state index in [1.165, 1.54) is 37.6 Å². The minimum Gasteiger partial charge on any atom is -0.469 e. The lowest BCUT2D eigenvalue weighted by Gasteiger charge is -2.34. The first-order chi connectivity index (χ1) is 20.8. The van der Waals surface area contributed by atoms with E-state index >= 15 is 0 Å². The molecule has 2 aliphatic heterocycles. The number of amides is 1. The average molecular weight is 600 g/mol. The van der Waals surface area contributed by atoms with Gasteiger partial charge in [0, 0.05) is 48.8 Å². The van der Waals surface area contributed by atoms with Crippen molar-refractivity contribution in [3.05, 3.63) is 48.2 Å². The number of pyridine rings is 2. The van der Waals surface area contributed by atoms with E-state index in [9.17, 15) is 9.59 Å². The number of anilines is 2. The topological polar surface area (TPSA) is 114 Å². The van der Waals surface area contributed by atoms with Gasteiger partial charge in [0.05, 0.1) is 5.56 Å². The summed E-state index contributed by atoms with van der Waals surface area (Å²) in [5.41, 5.74) is 0.996. The van der Waals surface area contributed by atoms with Crippen LogP contribution in [0.3, 0.4) is 0 Å². The molecule has 1 atom stereocenters. The summed E-state index contributed by atoms with van der Waals surface area (Å²) in [4.78, 5) is 38.4. The Balaban J connectivity index is 1.05. The van der Waals surface area contributed by atoms with Gasteiger partial charge in [-0.1, -0.05) is 6.07 Å². The molecule has 0 radical (unpaired) electrons. The van der Waals surface area contributed by atoms with Crippen molar-refractivity contribution in [1.82, 2.24) is 24.5 Å². The van der Waals surface area contributed by atoms with Gasteiger partial charge in [-0.3, -0.25) is 14.3 Å². The van der Waals surface area contributed by atoms with Crippen molar-refractivity contribution < 1.29 is 14.3 Å². The summed E-state index contributed by atoms with van der Waals surface area (Å²) in [5.74, 6) is 3.13. The molecule has 4 bridgehead atoms. The second kappa shape index (κ2) is 9.70. The van der Waals surface area contributed by atoms with Crippen LogP contribution in [0.15, 0.2) is 47.6 Å². The number of carbonyl (C=O) groups excluding carboxylic acids is 2. The van der Waals surface area contributed by atoms with E-state index in [2.05, 4.69) is 38.9 Å². The zero-order valence-corrected chi connectivity index (χ0v) is 25.5. The maximum Gasteiger partial charge on any atom is 0.265 e. The largest absolute Gasteiger partial charge is 0.469 e. The van der Waals surface area contributed by atoms with Gasteiger partial charge in [-0.05, 0) is 99.8 Å². The Morgan fingerprint density at radius 3 is 2.70 bits per heavy atom. The Bertz CT molecular complexity index is 1590. The first-order valence-corrected chi connectivity index (χ1v) is 16.3. The van der Waals surface area contributed by atoms with Gasteiger partial charge in [0.1, 0.15) is 23.3 Å². The maximum atomic E-state index is 13.6. The molecule has 3 saturated carbocycles. The molecule has 3 aromatic heterocycles. The fourth-order valence-corrected chi connectivity index (χ4v) is 8.77. The molecule has 11 heteroatoms. The lowest BCUT2D eigenvalue weighted by Crippen LogP contribution is -2.40. The van der Waals surface area contributed by atoms with Crippen LogP contribution in [0.4, 0.5) is 11.6 Å². The first kappa shape index (κ1) is 27.0. The first-order valence-electron chi connectivity index (χ1n) is 15.5. The standard InChI is InChI=1S/C32H37N7O3S/c1-30(2)17-20-5-4-15-33-23-6-3-7-26(34-23)43-37-29(41)21-8-9-24(35-28(21)38(30)18-20)39-16-10-25(36-39)42-19-22(40)27-31(11-12-31)32(27)13-14-32/h3,6-10,16,20,27H,4-5,11-15,17-19H2,1-2H3,(H,33,34)(H,37,41). The Labute approximate surface area is 255 Å². The molecular formula is C32H37N7O3S. The van der Waals surface area contributed by atoms with E-state index in [1.54, 1.807) is 23.0 Å². The molecule has 1 saturated heterocycles. The zero-order valence-electron chi connectivity index (χ0n) is 24.6. The van der Waals surface area contributed by atoms with E-state index < -0.39 is 0 Å². The minimum absolute atomic E-state index is 0.0667. The summed E-state index contributed by atoms with van der Waals surface area (Å²) in [7, 11) is 0. The number of carbonyl (C=O) groups is 2. The molecule has 2 spiro atoms. The Morgan fingerprint density at radius 2 is 1.91 bits per heavy atom. The molecule has 3 aliphatic carbocycles. The van der Waals surface area contributed by atoms with E-state index in [0.29, 0.717) is 44.9 Å². The van der Waals surface area contributed by atoms with E-state index in [4.69, 9.17) is 9.72 Å². The van der Waals surface area contributed by atoms with Gasteiger partial charge >= 0.3 is 0 Å². The third kappa shape index (κ3) is 4.58. The van der Waals surface area contributed by atoms with E-state index in [-0.39, 0.29) is 29.8 Å². The van der Waals surface area contributed by atoms with Gasteiger partial charge in [0.15, 0.2) is 11.6 Å². The highest BCUT2D eigenvalue weighted by atomic mass is 32.2. The summed E-state index contributed by atoms with van der Waals surface area (Å²) >= 11 is 1.20. The molecule has 5 heterocycles. The number of hydrogen-bond donors (Lipinski definition) is 2.